The zero-order chi connectivity index (χ0) is 7.84. The maximum atomic E-state index is 5.60. The Labute approximate surface area is 67.7 Å². The average molecular weight is 150 g/mol. The Morgan fingerprint density at radius 1 is 1.45 bits per heavy atom. The number of hydrogen-bond acceptors (Lipinski definition) is 1. The SMILES string of the molecule is CC1=CC2=C(C)CO[C@@H]2CC1. The van der Waals surface area contributed by atoms with Crippen LogP contribution >= 0.6 is 0 Å². The molecule has 0 N–H and O–H groups in total. The van der Waals surface area contributed by atoms with E-state index in [-0.39, 0.29) is 0 Å². The lowest BCUT2D eigenvalue weighted by molar-refractivity contribution is 0.113. The number of rotatable bonds is 0. The van der Waals surface area contributed by atoms with Gasteiger partial charge in [-0.1, -0.05) is 11.6 Å². The third-order valence-corrected chi connectivity index (χ3v) is 2.54. The second kappa shape index (κ2) is 2.49. The molecule has 0 spiro atoms. The molecule has 1 heterocycles. The van der Waals surface area contributed by atoms with Crippen molar-refractivity contribution in [3.05, 3.63) is 22.8 Å². The van der Waals surface area contributed by atoms with Crippen molar-refractivity contribution in [2.75, 3.05) is 6.61 Å². The number of hydrogen-bond donors (Lipinski definition) is 0. The minimum absolute atomic E-state index is 0.429. The Morgan fingerprint density at radius 2 is 2.27 bits per heavy atom. The molecule has 1 aliphatic heterocycles. The van der Waals surface area contributed by atoms with Crippen LogP contribution in [0.2, 0.25) is 0 Å². The number of allylic oxidation sites excluding steroid dienone is 1. The van der Waals surface area contributed by atoms with Gasteiger partial charge in [0.15, 0.2) is 0 Å². The van der Waals surface area contributed by atoms with E-state index < -0.39 is 0 Å². The van der Waals surface area contributed by atoms with Crippen molar-refractivity contribution < 1.29 is 4.74 Å². The van der Waals surface area contributed by atoms with E-state index in [0.717, 1.165) is 6.61 Å². The van der Waals surface area contributed by atoms with Crippen molar-refractivity contribution in [1.29, 1.82) is 0 Å². The van der Waals surface area contributed by atoms with Crippen LogP contribution in [0.3, 0.4) is 0 Å². The van der Waals surface area contributed by atoms with E-state index in [0.29, 0.717) is 6.10 Å². The highest BCUT2D eigenvalue weighted by molar-refractivity contribution is 5.36. The molecule has 0 bridgehead atoms. The first-order valence-electron chi connectivity index (χ1n) is 4.26. The highest BCUT2D eigenvalue weighted by Crippen LogP contribution is 2.31. The van der Waals surface area contributed by atoms with Crippen molar-refractivity contribution in [2.45, 2.75) is 32.8 Å². The van der Waals surface area contributed by atoms with Gasteiger partial charge in [-0.2, -0.15) is 0 Å². The molecule has 1 atom stereocenters. The molecule has 0 aromatic carbocycles. The maximum absolute atomic E-state index is 5.60. The molecule has 0 saturated carbocycles. The third-order valence-electron chi connectivity index (χ3n) is 2.54. The first-order valence-corrected chi connectivity index (χ1v) is 4.26. The summed E-state index contributed by atoms with van der Waals surface area (Å²) in [5, 5.41) is 0. The van der Waals surface area contributed by atoms with Crippen molar-refractivity contribution in [1.82, 2.24) is 0 Å². The second-order valence-corrected chi connectivity index (χ2v) is 3.56. The Balaban J connectivity index is 2.34. The van der Waals surface area contributed by atoms with Crippen LogP contribution in [-0.2, 0) is 4.74 Å². The second-order valence-electron chi connectivity index (χ2n) is 3.56. The van der Waals surface area contributed by atoms with Gasteiger partial charge in [0.05, 0.1) is 12.7 Å². The fourth-order valence-corrected chi connectivity index (χ4v) is 1.82. The number of fused-ring (bicyclic) bond motifs is 1. The smallest absolute Gasteiger partial charge is 0.0832 e. The quantitative estimate of drug-likeness (QED) is 0.515. The minimum Gasteiger partial charge on any atom is -0.369 e. The lowest BCUT2D eigenvalue weighted by Gasteiger charge is -2.18. The molecule has 0 aromatic heterocycles. The summed E-state index contributed by atoms with van der Waals surface area (Å²) in [7, 11) is 0. The molecular weight excluding hydrogens is 136 g/mol. The first-order chi connectivity index (χ1) is 5.27. The largest absolute Gasteiger partial charge is 0.369 e. The molecule has 2 aliphatic rings. The molecule has 1 aliphatic carbocycles. The van der Waals surface area contributed by atoms with E-state index in [2.05, 4.69) is 19.9 Å². The standard InChI is InChI=1S/C10H14O/c1-7-3-4-10-9(5-7)8(2)6-11-10/h5,10H,3-4,6H2,1-2H3/t10-/m1/s1. The van der Waals surface area contributed by atoms with Crippen molar-refractivity contribution in [3.63, 3.8) is 0 Å². The summed E-state index contributed by atoms with van der Waals surface area (Å²) in [5.41, 5.74) is 4.38. The van der Waals surface area contributed by atoms with Crippen LogP contribution in [0.15, 0.2) is 22.8 Å². The number of ether oxygens (including phenoxy) is 1. The molecule has 60 valence electrons. The Kier molecular flexibility index (Phi) is 1.61. The topological polar surface area (TPSA) is 9.23 Å². The molecule has 0 amide bonds. The predicted octanol–water partition coefficient (Wildman–Crippen LogP) is 2.44. The maximum Gasteiger partial charge on any atom is 0.0832 e. The van der Waals surface area contributed by atoms with Crippen LogP contribution in [0, 0.1) is 0 Å². The van der Waals surface area contributed by atoms with E-state index in [4.69, 9.17) is 4.74 Å². The highest BCUT2D eigenvalue weighted by atomic mass is 16.5. The van der Waals surface area contributed by atoms with Crippen LogP contribution < -0.4 is 0 Å². The molecule has 0 aromatic rings. The molecule has 0 saturated heterocycles. The Morgan fingerprint density at radius 3 is 3.09 bits per heavy atom. The van der Waals surface area contributed by atoms with E-state index in [1.54, 1.807) is 0 Å². The van der Waals surface area contributed by atoms with Gasteiger partial charge in [0.1, 0.15) is 0 Å². The van der Waals surface area contributed by atoms with Gasteiger partial charge < -0.3 is 4.74 Å². The molecule has 0 radical (unpaired) electrons. The third kappa shape index (κ3) is 1.14. The van der Waals surface area contributed by atoms with Gasteiger partial charge in [-0.25, -0.2) is 0 Å². The molecule has 0 unspecified atom stereocenters. The molecule has 1 heteroatoms. The summed E-state index contributed by atoms with van der Waals surface area (Å²) in [6, 6.07) is 0. The normalized spacial score (nSPS) is 30.4. The van der Waals surface area contributed by atoms with Gasteiger partial charge in [0, 0.05) is 0 Å². The van der Waals surface area contributed by atoms with Gasteiger partial charge in [0.2, 0.25) is 0 Å². The van der Waals surface area contributed by atoms with Crippen LogP contribution in [0.1, 0.15) is 26.7 Å². The predicted molar refractivity (Wildman–Crippen MR) is 45.4 cm³/mol. The Bertz CT molecular complexity index is 235. The van der Waals surface area contributed by atoms with Crippen molar-refractivity contribution >= 4 is 0 Å². The first kappa shape index (κ1) is 7.11. The van der Waals surface area contributed by atoms with Crippen molar-refractivity contribution in [2.24, 2.45) is 0 Å². The fourth-order valence-electron chi connectivity index (χ4n) is 1.82. The van der Waals surface area contributed by atoms with Crippen LogP contribution in [-0.4, -0.2) is 12.7 Å². The molecule has 0 fully saturated rings. The lowest BCUT2D eigenvalue weighted by Crippen LogP contribution is -2.12. The molecular formula is C10H14O. The zero-order valence-corrected chi connectivity index (χ0v) is 7.18. The average Bonchev–Trinajstić information content (AvgIpc) is 2.33. The molecule has 11 heavy (non-hydrogen) atoms. The minimum atomic E-state index is 0.429. The molecule has 1 nitrogen and oxygen atoms in total. The summed E-state index contributed by atoms with van der Waals surface area (Å²) in [5.74, 6) is 0. The lowest BCUT2D eigenvalue weighted by atomic mass is 9.92. The monoisotopic (exact) mass is 150 g/mol. The fraction of sp³-hybridized carbons (Fsp3) is 0.600. The van der Waals surface area contributed by atoms with E-state index >= 15 is 0 Å². The van der Waals surface area contributed by atoms with Crippen LogP contribution in [0.25, 0.3) is 0 Å². The van der Waals surface area contributed by atoms with E-state index in [1.165, 1.54) is 29.6 Å². The van der Waals surface area contributed by atoms with Crippen LogP contribution in [0.5, 0.6) is 0 Å². The van der Waals surface area contributed by atoms with Crippen molar-refractivity contribution in [3.8, 4) is 0 Å². The van der Waals surface area contributed by atoms with Gasteiger partial charge in [-0.05, 0) is 37.8 Å². The van der Waals surface area contributed by atoms with Crippen LogP contribution in [0.4, 0.5) is 0 Å². The summed E-state index contributed by atoms with van der Waals surface area (Å²) in [6.07, 6.45) is 5.13. The summed E-state index contributed by atoms with van der Waals surface area (Å²) >= 11 is 0. The van der Waals surface area contributed by atoms with Gasteiger partial charge in [0.25, 0.3) is 0 Å². The molecule has 2 rings (SSSR count). The highest BCUT2D eigenvalue weighted by Gasteiger charge is 2.24. The summed E-state index contributed by atoms with van der Waals surface area (Å²) < 4.78 is 5.60. The van der Waals surface area contributed by atoms with Gasteiger partial charge in [-0.15, -0.1) is 0 Å². The summed E-state index contributed by atoms with van der Waals surface area (Å²) in [6.45, 7) is 5.23. The Hall–Kier alpha value is -0.560. The zero-order valence-electron chi connectivity index (χ0n) is 7.18. The van der Waals surface area contributed by atoms with Gasteiger partial charge >= 0.3 is 0 Å². The van der Waals surface area contributed by atoms with E-state index in [1.807, 2.05) is 0 Å². The summed E-state index contributed by atoms with van der Waals surface area (Å²) in [4.78, 5) is 0. The van der Waals surface area contributed by atoms with Gasteiger partial charge in [-0.3, -0.25) is 0 Å². The van der Waals surface area contributed by atoms with E-state index in [9.17, 15) is 0 Å².